The summed E-state index contributed by atoms with van der Waals surface area (Å²) in [4.78, 5) is 13.8. The van der Waals surface area contributed by atoms with Gasteiger partial charge in [0, 0.05) is 43.8 Å². The van der Waals surface area contributed by atoms with Crippen molar-refractivity contribution < 1.29 is 0 Å². The largest absolute Gasteiger partial charge is 0.368 e. The smallest absolute Gasteiger partial charge is 0.229 e. The van der Waals surface area contributed by atoms with E-state index >= 15 is 0 Å². The molecular weight excluding hydrogens is 446 g/mol. The van der Waals surface area contributed by atoms with E-state index in [9.17, 15) is 0 Å². The van der Waals surface area contributed by atoms with E-state index in [-0.39, 0.29) is 0 Å². The first-order valence-corrected chi connectivity index (χ1v) is 12.0. The van der Waals surface area contributed by atoms with E-state index < -0.39 is 0 Å². The molecule has 3 aromatic rings. The third kappa shape index (κ3) is 5.96. The highest BCUT2D eigenvalue weighted by atomic mass is 35.5. The van der Waals surface area contributed by atoms with Crippen molar-refractivity contribution in [2.75, 3.05) is 48.3 Å². The fourth-order valence-electron chi connectivity index (χ4n) is 4.16. The Labute approximate surface area is 206 Å². The van der Waals surface area contributed by atoms with Gasteiger partial charge in [0.25, 0.3) is 0 Å². The molecule has 4 rings (SSSR count). The summed E-state index contributed by atoms with van der Waals surface area (Å²) in [5.41, 5.74) is 4.88. The SMILES string of the molecule is CCCN1CCN(c2ccc(Nc3nccc(Nc4ccc(C)c(CC#N)c4)n3)cc2Cl)CC1. The highest BCUT2D eigenvalue weighted by molar-refractivity contribution is 6.33. The van der Waals surface area contributed by atoms with Crippen LogP contribution in [0, 0.1) is 18.3 Å². The number of aryl methyl sites for hydroxylation is 1. The number of nitrogens with zero attached hydrogens (tertiary/aromatic N) is 5. The number of piperazine rings is 1. The van der Waals surface area contributed by atoms with E-state index in [1.807, 2.05) is 43.3 Å². The van der Waals surface area contributed by atoms with Crippen LogP contribution in [-0.2, 0) is 6.42 Å². The van der Waals surface area contributed by atoms with Gasteiger partial charge in [0.15, 0.2) is 0 Å². The van der Waals surface area contributed by atoms with Crippen LogP contribution < -0.4 is 15.5 Å². The second-order valence-electron chi connectivity index (χ2n) is 8.49. The molecule has 1 saturated heterocycles. The minimum Gasteiger partial charge on any atom is -0.368 e. The van der Waals surface area contributed by atoms with Gasteiger partial charge in [-0.2, -0.15) is 10.2 Å². The molecule has 1 fully saturated rings. The molecule has 0 radical (unpaired) electrons. The predicted octanol–water partition coefficient (Wildman–Crippen LogP) is 5.52. The Balaban J connectivity index is 1.42. The summed E-state index contributed by atoms with van der Waals surface area (Å²) in [6.07, 6.45) is 3.27. The number of nitriles is 1. The van der Waals surface area contributed by atoms with E-state index in [1.165, 1.54) is 6.42 Å². The van der Waals surface area contributed by atoms with E-state index in [0.29, 0.717) is 23.2 Å². The quantitative estimate of drug-likeness (QED) is 0.443. The van der Waals surface area contributed by atoms with Crippen molar-refractivity contribution in [3.8, 4) is 6.07 Å². The van der Waals surface area contributed by atoms with Crippen LogP contribution >= 0.6 is 11.6 Å². The lowest BCUT2D eigenvalue weighted by Crippen LogP contribution is -2.46. The molecule has 0 spiro atoms. The standard InChI is InChI=1S/C26H30ClN7/c1-3-12-33-13-15-34(16-14-33)24-7-6-22(18-23(24)27)31-26-29-11-9-25(32-26)30-21-5-4-19(2)20(17-21)8-10-28/h4-7,9,11,17-18H,3,8,12-16H2,1-2H3,(H2,29,30,31,32). The van der Waals surface area contributed by atoms with Crippen molar-refractivity contribution in [2.24, 2.45) is 0 Å². The Morgan fingerprint density at radius 1 is 1.03 bits per heavy atom. The van der Waals surface area contributed by atoms with Crippen molar-refractivity contribution in [2.45, 2.75) is 26.7 Å². The Morgan fingerprint density at radius 2 is 1.79 bits per heavy atom. The van der Waals surface area contributed by atoms with Gasteiger partial charge in [0.1, 0.15) is 5.82 Å². The normalized spacial score (nSPS) is 14.0. The van der Waals surface area contributed by atoms with Crippen molar-refractivity contribution in [1.29, 1.82) is 5.26 Å². The molecule has 0 aliphatic carbocycles. The lowest BCUT2D eigenvalue weighted by molar-refractivity contribution is 0.258. The maximum Gasteiger partial charge on any atom is 0.229 e. The minimum absolute atomic E-state index is 0.378. The molecule has 34 heavy (non-hydrogen) atoms. The number of halogens is 1. The fourth-order valence-corrected chi connectivity index (χ4v) is 4.46. The number of hydrogen-bond acceptors (Lipinski definition) is 7. The molecule has 1 aromatic heterocycles. The van der Waals surface area contributed by atoms with Gasteiger partial charge in [0.2, 0.25) is 5.95 Å². The molecule has 0 atom stereocenters. The highest BCUT2D eigenvalue weighted by Crippen LogP contribution is 2.30. The Kier molecular flexibility index (Phi) is 7.84. The van der Waals surface area contributed by atoms with Gasteiger partial charge in [-0.05, 0) is 67.4 Å². The minimum atomic E-state index is 0.378. The lowest BCUT2D eigenvalue weighted by atomic mass is 10.1. The van der Waals surface area contributed by atoms with Gasteiger partial charge in [0.05, 0.1) is 23.2 Å². The maximum absolute atomic E-state index is 9.03. The molecular formula is C26H30ClN7. The van der Waals surface area contributed by atoms with Crippen LogP contribution in [0.4, 0.5) is 28.8 Å². The van der Waals surface area contributed by atoms with Crippen molar-refractivity contribution in [3.05, 3.63) is 64.8 Å². The fraction of sp³-hybridized carbons (Fsp3) is 0.346. The van der Waals surface area contributed by atoms with Crippen LogP contribution in [0.5, 0.6) is 0 Å². The Hall–Kier alpha value is -3.34. The maximum atomic E-state index is 9.03. The first-order valence-electron chi connectivity index (χ1n) is 11.7. The van der Waals surface area contributed by atoms with Crippen molar-refractivity contribution in [1.82, 2.24) is 14.9 Å². The van der Waals surface area contributed by atoms with Crippen LogP contribution in [-0.4, -0.2) is 47.6 Å². The molecule has 2 heterocycles. The van der Waals surface area contributed by atoms with E-state index in [0.717, 1.165) is 60.9 Å². The molecule has 0 saturated carbocycles. The molecule has 0 bridgehead atoms. The van der Waals surface area contributed by atoms with Gasteiger partial charge in [-0.15, -0.1) is 0 Å². The first-order chi connectivity index (χ1) is 16.6. The lowest BCUT2D eigenvalue weighted by Gasteiger charge is -2.36. The molecule has 8 heteroatoms. The third-order valence-corrected chi connectivity index (χ3v) is 6.31. The summed E-state index contributed by atoms with van der Waals surface area (Å²) in [5.74, 6) is 1.14. The summed E-state index contributed by atoms with van der Waals surface area (Å²) in [6.45, 7) is 9.49. The van der Waals surface area contributed by atoms with Crippen LogP contribution in [0.1, 0.15) is 24.5 Å². The predicted molar refractivity (Wildman–Crippen MR) is 139 cm³/mol. The number of anilines is 5. The van der Waals surface area contributed by atoms with Crippen LogP contribution in [0.25, 0.3) is 0 Å². The number of benzene rings is 2. The van der Waals surface area contributed by atoms with E-state index in [1.54, 1.807) is 6.20 Å². The second kappa shape index (κ2) is 11.2. The molecule has 0 amide bonds. The zero-order chi connectivity index (χ0) is 23.9. The Morgan fingerprint density at radius 3 is 2.53 bits per heavy atom. The van der Waals surface area contributed by atoms with Crippen LogP contribution in [0.3, 0.4) is 0 Å². The molecule has 7 nitrogen and oxygen atoms in total. The van der Waals surface area contributed by atoms with E-state index in [2.05, 4.69) is 49.5 Å². The Bertz CT molecular complexity index is 1170. The van der Waals surface area contributed by atoms with E-state index in [4.69, 9.17) is 16.9 Å². The molecule has 176 valence electrons. The molecule has 1 aliphatic rings. The summed E-state index contributed by atoms with van der Waals surface area (Å²) in [5, 5.41) is 16.3. The topological polar surface area (TPSA) is 80.1 Å². The average molecular weight is 476 g/mol. The van der Waals surface area contributed by atoms with Gasteiger partial charge >= 0.3 is 0 Å². The molecule has 2 N–H and O–H groups in total. The zero-order valence-electron chi connectivity index (χ0n) is 19.7. The number of nitrogens with one attached hydrogen (secondary N) is 2. The van der Waals surface area contributed by atoms with Gasteiger partial charge in [-0.3, -0.25) is 4.90 Å². The first kappa shape index (κ1) is 23.8. The second-order valence-corrected chi connectivity index (χ2v) is 8.89. The monoisotopic (exact) mass is 475 g/mol. The average Bonchev–Trinajstić information content (AvgIpc) is 2.83. The van der Waals surface area contributed by atoms with Crippen molar-refractivity contribution in [3.63, 3.8) is 0 Å². The van der Waals surface area contributed by atoms with Crippen LogP contribution in [0.15, 0.2) is 48.7 Å². The summed E-state index contributed by atoms with van der Waals surface area (Å²) in [6, 6.07) is 16.0. The summed E-state index contributed by atoms with van der Waals surface area (Å²) < 4.78 is 0. The number of aromatic nitrogens is 2. The zero-order valence-corrected chi connectivity index (χ0v) is 20.4. The van der Waals surface area contributed by atoms with Gasteiger partial charge in [-0.25, -0.2) is 4.98 Å². The third-order valence-electron chi connectivity index (χ3n) is 6.00. The highest BCUT2D eigenvalue weighted by Gasteiger charge is 2.18. The van der Waals surface area contributed by atoms with Gasteiger partial charge < -0.3 is 15.5 Å². The van der Waals surface area contributed by atoms with Crippen LogP contribution in [0.2, 0.25) is 5.02 Å². The summed E-state index contributed by atoms with van der Waals surface area (Å²) in [7, 11) is 0. The van der Waals surface area contributed by atoms with Gasteiger partial charge in [-0.1, -0.05) is 24.6 Å². The molecule has 0 unspecified atom stereocenters. The molecule has 1 aliphatic heterocycles. The number of hydrogen-bond donors (Lipinski definition) is 2. The summed E-state index contributed by atoms with van der Waals surface area (Å²) >= 11 is 6.65. The molecule has 2 aromatic carbocycles. The van der Waals surface area contributed by atoms with Crippen molar-refractivity contribution >= 4 is 40.4 Å². The number of rotatable bonds is 8.